The van der Waals surface area contributed by atoms with Crippen molar-refractivity contribution in [3.63, 3.8) is 0 Å². The molecule has 0 aliphatic rings. The second-order valence-electron chi connectivity index (χ2n) is 4.09. The Bertz CT molecular complexity index is 528. The predicted molar refractivity (Wildman–Crippen MR) is 77.8 cm³/mol. The normalized spacial score (nSPS) is 12.2. The third-order valence-corrected chi connectivity index (χ3v) is 3.09. The zero-order valence-corrected chi connectivity index (χ0v) is 11.8. The number of pyridine rings is 1. The second-order valence-corrected chi connectivity index (χ2v) is 4.53. The highest BCUT2D eigenvalue weighted by atomic mass is 35.5. The fourth-order valence-corrected chi connectivity index (χ4v) is 2.14. The number of nitrogens with one attached hydrogen (secondary N) is 1. The van der Waals surface area contributed by atoms with Crippen LogP contribution < -0.4 is 10.1 Å². The van der Waals surface area contributed by atoms with Gasteiger partial charge < -0.3 is 10.1 Å². The molecule has 0 aliphatic heterocycles. The summed E-state index contributed by atoms with van der Waals surface area (Å²) in [5.41, 5.74) is 1.99. The molecule has 1 aromatic carbocycles. The van der Waals surface area contributed by atoms with Gasteiger partial charge in [0.25, 0.3) is 0 Å². The van der Waals surface area contributed by atoms with E-state index in [1.54, 1.807) is 6.20 Å². The molecular weight excluding hydrogens is 260 g/mol. The molecule has 1 atom stereocenters. The summed E-state index contributed by atoms with van der Waals surface area (Å²) in [6, 6.07) is 11.7. The van der Waals surface area contributed by atoms with Gasteiger partial charge >= 0.3 is 0 Å². The zero-order chi connectivity index (χ0) is 13.7. The fourth-order valence-electron chi connectivity index (χ4n) is 2.03. The fraction of sp³-hybridized carbons (Fsp3) is 0.267. The minimum atomic E-state index is -0.0139. The molecule has 0 spiro atoms. The summed E-state index contributed by atoms with van der Waals surface area (Å²) in [6.07, 6.45) is 1.66. The maximum absolute atomic E-state index is 5.88. The Morgan fingerprint density at radius 3 is 2.68 bits per heavy atom. The van der Waals surface area contributed by atoms with Crippen molar-refractivity contribution < 1.29 is 4.74 Å². The highest BCUT2D eigenvalue weighted by molar-refractivity contribution is 6.30. The molecule has 0 bridgehead atoms. The Morgan fingerprint density at radius 1 is 1.26 bits per heavy atom. The van der Waals surface area contributed by atoms with Crippen molar-refractivity contribution >= 4 is 11.6 Å². The molecule has 1 heterocycles. The molecule has 19 heavy (non-hydrogen) atoms. The van der Waals surface area contributed by atoms with Gasteiger partial charge in [-0.15, -0.1) is 0 Å². The molecule has 0 radical (unpaired) electrons. The number of hydrogen-bond acceptors (Lipinski definition) is 3. The van der Waals surface area contributed by atoms with Crippen LogP contribution in [-0.2, 0) is 0 Å². The molecule has 1 unspecified atom stereocenters. The van der Waals surface area contributed by atoms with E-state index in [0.29, 0.717) is 11.6 Å². The molecule has 2 aromatic rings. The summed E-state index contributed by atoms with van der Waals surface area (Å²) < 4.78 is 5.67. The third kappa shape index (κ3) is 3.25. The number of rotatable bonds is 5. The van der Waals surface area contributed by atoms with E-state index in [4.69, 9.17) is 16.3 Å². The summed E-state index contributed by atoms with van der Waals surface area (Å²) >= 11 is 5.88. The smallest absolute Gasteiger partial charge is 0.124 e. The first-order chi connectivity index (χ1) is 9.26. The minimum absolute atomic E-state index is 0.0139. The number of hydrogen-bond donors (Lipinski definition) is 1. The summed E-state index contributed by atoms with van der Waals surface area (Å²) in [4.78, 5) is 4.38. The van der Waals surface area contributed by atoms with Crippen LogP contribution in [0.1, 0.15) is 24.2 Å². The molecule has 4 heteroatoms. The summed E-state index contributed by atoms with van der Waals surface area (Å²) in [5.74, 6) is 0.876. The average molecular weight is 277 g/mol. The van der Waals surface area contributed by atoms with Gasteiger partial charge in [-0.25, -0.2) is 0 Å². The van der Waals surface area contributed by atoms with Crippen molar-refractivity contribution in [2.75, 3.05) is 13.7 Å². The van der Waals surface area contributed by atoms with E-state index in [-0.39, 0.29) is 6.04 Å². The summed E-state index contributed by atoms with van der Waals surface area (Å²) in [5, 5.41) is 3.90. The van der Waals surface area contributed by atoms with E-state index in [2.05, 4.69) is 10.3 Å². The van der Waals surface area contributed by atoms with E-state index in [0.717, 1.165) is 17.0 Å². The topological polar surface area (TPSA) is 34.1 Å². The summed E-state index contributed by atoms with van der Waals surface area (Å²) in [6.45, 7) is 2.62. The second kappa shape index (κ2) is 6.55. The summed E-state index contributed by atoms with van der Waals surface area (Å²) in [7, 11) is 1.91. The lowest BCUT2D eigenvalue weighted by Gasteiger charge is -2.19. The van der Waals surface area contributed by atoms with E-state index in [1.807, 2.05) is 50.4 Å². The van der Waals surface area contributed by atoms with Crippen LogP contribution in [0.4, 0.5) is 0 Å². The lowest BCUT2D eigenvalue weighted by molar-refractivity contribution is 0.334. The molecule has 2 rings (SSSR count). The maximum atomic E-state index is 5.88. The number of benzene rings is 1. The molecule has 1 N–H and O–H groups in total. The first kappa shape index (κ1) is 13.8. The third-order valence-electron chi connectivity index (χ3n) is 2.86. The SMILES string of the molecule is CCOc1ccccc1C(NC)c1ccc(Cl)cn1. The lowest BCUT2D eigenvalue weighted by Crippen LogP contribution is -2.19. The lowest BCUT2D eigenvalue weighted by atomic mass is 10.0. The molecule has 100 valence electrons. The van der Waals surface area contributed by atoms with Crippen molar-refractivity contribution in [2.45, 2.75) is 13.0 Å². The number of para-hydroxylation sites is 1. The van der Waals surface area contributed by atoms with Crippen LogP contribution in [0.5, 0.6) is 5.75 Å². The van der Waals surface area contributed by atoms with Crippen LogP contribution in [0.3, 0.4) is 0 Å². The monoisotopic (exact) mass is 276 g/mol. The van der Waals surface area contributed by atoms with Crippen LogP contribution in [0.2, 0.25) is 5.02 Å². The zero-order valence-electron chi connectivity index (χ0n) is 11.1. The highest BCUT2D eigenvalue weighted by Crippen LogP contribution is 2.29. The average Bonchev–Trinajstić information content (AvgIpc) is 2.44. The Labute approximate surface area is 118 Å². The van der Waals surface area contributed by atoms with Crippen LogP contribution in [0.25, 0.3) is 0 Å². The van der Waals surface area contributed by atoms with Gasteiger partial charge in [-0.1, -0.05) is 29.8 Å². The Hall–Kier alpha value is -1.58. The number of aromatic nitrogens is 1. The van der Waals surface area contributed by atoms with Gasteiger partial charge in [-0.3, -0.25) is 4.98 Å². The van der Waals surface area contributed by atoms with E-state index >= 15 is 0 Å². The van der Waals surface area contributed by atoms with Crippen LogP contribution in [0.15, 0.2) is 42.6 Å². The largest absolute Gasteiger partial charge is 0.494 e. The van der Waals surface area contributed by atoms with E-state index in [1.165, 1.54) is 0 Å². The van der Waals surface area contributed by atoms with Gasteiger partial charge in [0.1, 0.15) is 5.75 Å². The number of halogens is 1. The van der Waals surface area contributed by atoms with Gasteiger partial charge in [0.15, 0.2) is 0 Å². The molecule has 0 aliphatic carbocycles. The van der Waals surface area contributed by atoms with Crippen molar-refractivity contribution in [3.05, 3.63) is 58.9 Å². The van der Waals surface area contributed by atoms with Crippen molar-refractivity contribution in [1.82, 2.24) is 10.3 Å². The first-order valence-electron chi connectivity index (χ1n) is 6.26. The molecule has 3 nitrogen and oxygen atoms in total. The van der Waals surface area contributed by atoms with E-state index < -0.39 is 0 Å². The van der Waals surface area contributed by atoms with Gasteiger partial charge in [-0.2, -0.15) is 0 Å². The van der Waals surface area contributed by atoms with Gasteiger partial charge in [0.05, 0.1) is 23.4 Å². The van der Waals surface area contributed by atoms with Crippen molar-refractivity contribution in [1.29, 1.82) is 0 Å². The van der Waals surface area contributed by atoms with Crippen LogP contribution >= 0.6 is 11.6 Å². The molecule has 0 fully saturated rings. The van der Waals surface area contributed by atoms with E-state index in [9.17, 15) is 0 Å². The van der Waals surface area contributed by atoms with Crippen LogP contribution in [-0.4, -0.2) is 18.6 Å². The molecule has 0 amide bonds. The molecule has 0 saturated carbocycles. The van der Waals surface area contributed by atoms with Crippen molar-refractivity contribution in [2.24, 2.45) is 0 Å². The Morgan fingerprint density at radius 2 is 2.05 bits per heavy atom. The standard InChI is InChI=1S/C15H17ClN2O/c1-3-19-14-7-5-4-6-12(14)15(17-2)13-9-8-11(16)10-18-13/h4-10,15,17H,3H2,1-2H3. The van der Waals surface area contributed by atoms with Crippen molar-refractivity contribution in [3.8, 4) is 5.75 Å². The van der Waals surface area contributed by atoms with Gasteiger partial charge in [-0.05, 0) is 32.2 Å². The highest BCUT2D eigenvalue weighted by Gasteiger charge is 2.17. The van der Waals surface area contributed by atoms with Crippen LogP contribution in [0, 0.1) is 0 Å². The first-order valence-corrected chi connectivity index (χ1v) is 6.64. The number of ether oxygens (including phenoxy) is 1. The Kier molecular flexibility index (Phi) is 4.77. The molecule has 1 aromatic heterocycles. The molecule has 0 saturated heterocycles. The Balaban J connectivity index is 2.39. The van der Waals surface area contributed by atoms with Gasteiger partial charge in [0, 0.05) is 11.8 Å². The molecular formula is C15H17ClN2O. The predicted octanol–water partition coefficient (Wildman–Crippen LogP) is 3.44. The quantitative estimate of drug-likeness (QED) is 0.908. The minimum Gasteiger partial charge on any atom is -0.494 e. The number of nitrogens with zero attached hydrogens (tertiary/aromatic N) is 1. The maximum Gasteiger partial charge on any atom is 0.124 e. The van der Waals surface area contributed by atoms with Gasteiger partial charge in [0.2, 0.25) is 0 Å².